The first-order valence-electron chi connectivity index (χ1n) is 4.87. The minimum Gasteiger partial charge on any atom is -0.459 e. The summed E-state index contributed by atoms with van der Waals surface area (Å²) in [7, 11) is 0. The van der Waals surface area contributed by atoms with Crippen LogP contribution in [0.3, 0.4) is 0 Å². The molecule has 1 atom stereocenters. The number of amides is 1. The SMILES string of the molecule is Cc1ccoc1C(=O)NC(C)C(C)C. The molecule has 1 aromatic rings. The highest BCUT2D eigenvalue weighted by Gasteiger charge is 2.16. The van der Waals surface area contributed by atoms with E-state index in [0.29, 0.717) is 11.7 Å². The molecule has 3 nitrogen and oxygen atoms in total. The van der Waals surface area contributed by atoms with Crippen molar-refractivity contribution in [3.8, 4) is 0 Å². The summed E-state index contributed by atoms with van der Waals surface area (Å²) in [5.41, 5.74) is 0.874. The Morgan fingerprint density at radius 2 is 2.07 bits per heavy atom. The van der Waals surface area contributed by atoms with Crippen LogP contribution < -0.4 is 5.32 Å². The van der Waals surface area contributed by atoms with E-state index in [2.05, 4.69) is 19.2 Å². The zero-order valence-corrected chi connectivity index (χ0v) is 9.13. The van der Waals surface area contributed by atoms with E-state index in [9.17, 15) is 4.79 Å². The number of nitrogens with one attached hydrogen (secondary N) is 1. The predicted molar refractivity (Wildman–Crippen MR) is 55.2 cm³/mol. The fraction of sp³-hybridized carbons (Fsp3) is 0.545. The van der Waals surface area contributed by atoms with Crippen molar-refractivity contribution in [1.82, 2.24) is 5.32 Å². The average molecular weight is 195 g/mol. The molecule has 1 N–H and O–H groups in total. The summed E-state index contributed by atoms with van der Waals surface area (Å²) in [6.07, 6.45) is 1.53. The van der Waals surface area contributed by atoms with Crippen LogP contribution in [0.5, 0.6) is 0 Å². The van der Waals surface area contributed by atoms with Gasteiger partial charge < -0.3 is 9.73 Å². The zero-order chi connectivity index (χ0) is 10.7. The van der Waals surface area contributed by atoms with Crippen molar-refractivity contribution >= 4 is 5.91 Å². The van der Waals surface area contributed by atoms with Gasteiger partial charge in [0.05, 0.1) is 6.26 Å². The van der Waals surface area contributed by atoms with Gasteiger partial charge in [0.15, 0.2) is 5.76 Å². The molecule has 0 bridgehead atoms. The van der Waals surface area contributed by atoms with Crippen LogP contribution in [0.15, 0.2) is 16.7 Å². The zero-order valence-electron chi connectivity index (χ0n) is 9.13. The maximum absolute atomic E-state index is 11.6. The second-order valence-electron chi connectivity index (χ2n) is 3.94. The molecule has 0 aromatic carbocycles. The van der Waals surface area contributed by atoms with Crippen LogP contribution >= 0.6 is 0 Å². The summed E-state index contributed by atoms with van der Waals surface area (Å²) in [5, 5.41) is 2.89. The standard InChI is InChI=1S/C11H17NO2/c1-7(2)9(4)12-11(13)10-8(3)5-6-14-10/h5-7,9H,1-4H3,(H,12,13). The van der Waals surface area contributed by atoms with Crippen LogP contribution in [0.25, 0.3) is 0 Å². The van der Waals surface area contributed by atoms with Crippen molar-refractivity contribution in [3.63, 3.8) is 0 Å². The molecule has 1 aromatic heterocycles. The lowest BCUT2D eigenvalue weighted by atomic mass is 10.1. The van der Waals surface area contributed by atoms with E-state index in [-0.39, 0.29) is 11.9 Å². The van der Waals surface area contributed by atoms with E-state index < -0.39 is 0 Å². The Hall–Kier alpha value is -1.25. The molecule has 0 saturated heterocycles. The molecule has 1 rings (SSSR count). The number of carbonyl (C=O) groups is 1. The van der Waals surface area contributed by atoms with E-state index in [0.717, 1.165) is 5.56 Å². The van der Waals surface area contributed by atoms with Gasteiger partial charge in [-0.2, -0.15) is 0 Å². The van der Waals surface area contributed by atoms with Gasteiger partial charge in [0.2, 0.25) is 0 Å². The van der Waals surface area contributed by atoms with Crippen molar-refractivity contribution in [2.24, 2.45) is 5.92 Å². The van der Waals surface area contributed by atoms with Gasteiger partial charge in [0.1, 0.15) is 0 Å². The Balaban J connectivity index is 2.64. The molecule has 0 radical (unpaired) electrons. The fourth-order valence-electron chi connectivity index (χ4n) is 1.04. The largest absolute Gasteiger partial charge is 0.459 e. The molecule has 0 aliphatic rings. The first-order valence-corrected chi connectivity index (χ1v) is 4.87. The molecule has 1 amide bonds. The van der Waals surface area contributed by atoms with E-state index in [1.165, 1.54) is 6.26 Å². The quantitative estimate of drug-likeness (QED) is 0.804. The second kappa shape index (κ2) is 4.31. The third-order valence-corrected chi connectivity index (χ3v) is 2.43. The van der Waals surface area contributed by atoms with Crippen LogP contribution in [-0.4, -0.2) is 11.9 Å². The Morgan fingerprint density at radius 1 is 1.43 bits per heavy atom. The fourth-order valence-corrected chi connectivity index (χ4v) is 1.04. The van der Waals surface area contributed by atoms with Gasteiger partial charge in [-0.1, -0.05) is 13.8 Å². The summed E-state index contributed by atoms with van der Waals surface area (Å²) in [6, 6.07) is 1.95. The monoisotopic (exact) mass is 195 g/mol. The summed E-state index contributed by atoms with van der Waals surface area (Å²) < 4.78 is 5.09. The summed E-state index contributed by atoms with van der Waals surface area (Å²) in [4.78, 5) is 11.6. The minimum atomic E-state index is -0.131. The van der Waals surface area contributed by atoms with Crippen molar-refractivity contribution in [3.05, 3.63) is 23.7 Å². The normalized spacial score (nSPS) is 12.9. The first-order chi connectivity index (χ1) is 6.52. The van der Waals surface area contributed by atoms with Crippen molar-refractivity contribution in [2.45, 2.75) is 33.7 Å². The van der Waals surface area contributed by atoms with Crippen LogP contribution in [0.2, 0.25) is 0 Å². The third kappa shape index (κ3) is 2.37. The Labute approximate surface area is 84.5 Å². The number of rotatable bonds is 3. The lowest BCUT2D eigenvalue weighted by Crippen LogP contribution is -2.36. The van der Waals surface area contributed by atoms with Gasteiger partial charge >= 0.3 is 0 Å². The van der Waals surface area contributed by atoms with E-state index >= 15 is 0 Å². The summed E-state index contributed by atoms with van der Waals surface area (Å²) >= 11 is 0. The van der Waals surface area contributed by atoms with Crippen LogP contribution in [0.1, 0.15) is 36.9 Å². The second-order valence-corrected chi connectivity index (χ2v) is 3.94. The third-order valence-electron chi connectivity index (χ3n) is 2.43. The molecule has 3 heteroatoms. The molecule has 14 heavy (non-hydrogen) atoms. The molecule has 0 fully saturated rings. The van der Waals surface area contributed by atoms with Gasteiger partial charge in [0, 0.05) is 11.6 Å². The smallest absolute Gasteiger partial charge is 0.287 e. The minimum absolute atomic E-state index is 0.131. The van der Waals surface area contributed by atoms with E-state index in [4.69, 9.17) is 4.42 Å². The van der Waals surface area contributed by atoms with Crippen LogP contribution in [-0.2, 0) is 0 Å². The molecule has 0 aliphatic heterocycles. The molecule has 1 unspecified atom stereocenters. The van der Waals surface area contributed by atoms with E-state index in [1.54, 1.807) is 6.07 Å². The van der Waals surface area contributed by atoms with Crippen molar-refractivity contribution in [2.75, 3.05) is 0 Å². The molecule has 1 heterocycles. The lowest BCUT2D eigenvalue weighted by Gasteiger charge is -2.16. The van der Waals surface area contributed by atoms with Crippen LogP contribution in [0, 0.1) is 12.8 Å². The van der Waals surface area contributed by atoms with Gasteiger partial charge in [-0.25, -0.2) is 0 Å². The lowest BCUT2D eigenvalue weighted by molar-refractivity contribution is 0.0901. The van der Waals surface area contributed by atoms with E-state index in [1.807, 2.05) is 13.8 Å². The molecular weight excluding hydrogens is 178 g/mol. The number of hydrogen-bond acceptors (Lipinski definition) is 2. The topological polar surface area (TPSA) is 42.2 Å². The maximum Gasteiger partial charge on any atom is 0.287 e. The molecule has 0 aliphatic carbocycles. The van der Waals surface area contributed by atoms with Gasteiger partial charge in [-0.05, 0) is 25.8 Å². The molecular formula is C11H17NO2. The molecule has 0 saturated carbocycles. The van der Waals surface area contributed by atoms with Crippen LogP contribution in [0.4, 0.5) is 0 Å². The van der Waals surface area contributed by atoms with Gasteiger partial charge in [-0.3, -0.25) is 4.79 Å². The molecule has 0 spiro atoms. The number of furan rings is 1. The number of carbonyl (C=O) groups excluding carboxylic acids is 1. The predicted octanol–water partition coefficient (Wildman–Crippen LogP) is 2.36. The van der Waals surface area contributed by atoms with Crippen molar-refractivity contribution in [1.29, 1.82) is 0 Å². The van der Waals surface area contributed by atoms with Crippen molar-refractivity contribution < 1.29 is 9.21 Å². The van der Waals surface area contributed by atoms with Gasteiger partial charge in [0.25, 0.3) is 5.91 Å². The highest BCUT2D eigenvalue weighted by Crippen LogP contribution is 2.09. The Kier molecular flexibility index (Phi) is 3.33. The Morgan fingerprint density at radius 3 is 2.50 bits per heavy atom. The highest BCUT2D eigenvalue weighted by molar-refractivity contribution is 5.92. The summed E-state index contributed by atoms with van der Waals surface area (Å²) in [6.45, 7) is 7.99. The number of aryl methyl sites for hydroxylation is 1. The Bertz CT molecular complexity index is 315. The highest BCUT2D eigenvalue weighted by atomic mass is 16.3. The number of hydrogen-bond donors (Lipinski definition) is 1. The molecule has 78 valence electrons. The average Bonchev–Trinajstić information content (AvgIpc) is 2.51. The van der Waals surface area contributed by atoms with Gasteiger partial charge in [-0.15, -0.1) is 0 Å². The summed E-state index contributed by atoms with van der Waals surface area (Å²) in [5.74, 6) is 0.709. The maximum atomic E-state index is 11.6. The first kappa shape index (κ1) is 10.8.